The Bertz CT molecular complexity index is 1340. The van der Waals surface area contributed by atoms with Crippen LogP contribution < -0.4 is 10.2 Å². The number of hydrogen-bond donors (Lipinski definition) is 2. The van der Waals surface area contributed by atoms with Crippen molar-refractivity contribution in [3.05, 3.63) is 64.4 Å². The first-order valence-electron chi connectivity index (χ1n) is 12.8. The van der Waals surface area contributed by atoms with Crippen molar-refractivity contribution in [3.8, 4) is 10.4 Å². The summed E-state index contributed by atoms with van der Waals surface area (Å²) >= 11 is 1.10. The molecule has 38 heavy (non-hydrogen) atoms. The van der Waals surface area contributed by atoms with E-state index in [9.17, 15) is 23.9 Å². The van der Waals surface area contributed by atoms with Gasteiger partial charge in [0.1, 0.15) is 16.5 Å². The molecule has 4 rings (SSSR count). The van der Waals surface area contributed by atoms with Gasteiger partial charge in [0, 0.05) is 34.2 Å². The zero-order chi connectivity index (χ0) is 27.6. The molecule has 0 atom stereocenters. The van der Waals surface area contributed by atoms with Crippen LogP contribution in [-0.4, -0.2) is 33.9 Å². The van der Waals surface area contributed by atoms with Gasteiger partial charge < -0.3 is 15.3 Å². The third-order valence-electron chi connectivity index (χ3n) is 6.99. The first-order chi connectivity index (χ1) is 18.0. The number of nitrogens with one attached hydrogen (secondary N) is 1. The van der Waals surface area contributed by atoms with Crippen molar-refractivity contribution in [2.75, 3.05) is 10.2 Å². The maximum atomic E-state index is 13.6. The predicted octanol–water partition coefficient (Wildman–Crippen LogP) is 6.78. The molecule has 1 fully saturated rings. The third kappa shape index (κ3) is 5.93. The lowest BCUT2D eigenvalue weighted by atomic mass is 9.82. The van der Waals surface area contributed by atoms with Crippen molar-refractivity contribution in [2.24, 2.45) is 11.8 Å². The van der Waals surface area contributed by atoms with Gasteiger partial charge in [-0.25, -0.2) is 14.2 Å². The van der Waals surface area contributed by atoms with E-state index in [2.05, 4.69) is 17.2 Å². The topological polar surface area (TPSA) is 99.6 Å². The third-order valence-corrected chi connectivity index (χ3v) is 8.15. The maximum Gasteiger partial charge on any atom is 0.348 e. The highest BCUT2D eigenvalue weighted by Crippen LogP contribution is 2.40. The largest absolute Gasteiger partial charge is 0.477 e. The van der Waals surface area contributed by atoms with Crippen molar-refractivity contribution >= 4 is 40.6 Å². The average molecular weight is 538 g/mol. The van der Waals surface area contributed by atoms with Gasteiger partial charge in [0.15, 0.2) is 0 Å². The molecule has 200 valence electrons. The van der Waals surface area contributed by atoms with Crippen molar-refractivity contribution in [3.63, 3.8) is 0 Å². The SMILES string of the molecule is Cc1cc(-c2cc(N(C(=O)C3CCC(C)CC3)C(C)C)c(C(=O)O)s2)cnc1NC(=O)c1ccc(F)cc1. The van der Waals surface area contributed by atoms with Crippen molar-refractivity contribution in [1.82, 2.24) is 4.98 Å². The van der Waals surface area contributed by atoms with Crippen LogP contribution in [0.3, 0.4) is 0 Å². The van der Waals surface area contributed by atoms with Crippen LogP contribution in [-0.2, 0) is 4.79 Å². The summed E-state index contributed by atoms with van der Waals surface area (Å²) in [4.78, 5) is 45.1. The molecule has 0 aliphatic heterocycles. The quantitative estimate of drug-likeness (QED) is 0.346. The molecular weight excluding hydrogens is 505 g/mol. The van der Waals surface area contributed by atoms with Crippen LogP contribution in [0.1, 0.15) is 72.0 Å². The van der Waals surface area contributed by atoms with Crippen molar-refractivity contribution in [2.45, 2.75) is 59.4 Å². The highest BCUT2D eigenvalue weighted by Gasteiger charge is 2.33. The van der Waals surface area contributed by atoms with E-state index in [-0.39, 0.29) is 22.7 Å². The summed E-state index contributed by atoms with van der Waals surface area (Å²) < 4.78 is 13.2. The molecule has 0 spiro atoms. The Kier molecular flexibility index (Phi) is 8.26. The molecule has 1 aliphatic carbocycles. The molecule has 0 bridgehead atoms. The van der Waals surface area contributed by atoms with Gasteiger partial charge in [-0.3, -0.25) is 9.59 Å². The zero-order valence-electron chi connectivity index (χ0n) is 22.0. The minimum atomic E-state index is -1.08. The number of carbonyl (C=O) groups excluding carboxylic acids is 2. The Labute approximate surface area is 225 Å². The smallest absolute Gasteiger partial charge is 0.348 e. The van der Waals surface area contributed by atoms with Crippen molar-refractivity contribution in [1.29, 1.82) is 0 Å². The van der Waals surface area contributed by atoms with E-state index in [4.69, 9.17) is 0 Å². The van der Waals surface area contributed by atoms with E-state index in [1.54, 1.807) is 24.1 Å². The van der Waals surface area contributed by atoms with Gasteiger partial charge in [0.25, 0.3) is 5.91 Å². The number of halogens is 1. The van der Waals surface area contributed by atoms with Crippen LogP contribution >= 0.6 is 11.3 Å². The molecule has 7 nitrogen and oxygen atoms in total. The number of rotatable bonds is 7. The fourth-order valence-corrected chi connectivity index (χ4v) is 5.80. The molecule has 1 saturated carbocycles. The summed E-state index contributed by atoms with van der Waals surface area (Å²) in [7, 11) is 0. The van der Waals surface area contributed by atoms with Crippen LogP contribution in [0, 0.1) is 24.6 Å². The summed E-state index contributed by atoms with van der Waals surface area (Å²) in [6.07, 6.45) is 5.20. The Hall–Kier alpha value is -3.59. The summed E-state index contributed by atoms with van der Waals surface area (Å²) in [5.41, 5.74) is 2.07. The molecule has 2 heterocycles. The van der Waals surface area contributed by atoms with Crippen LogP contribution in [0.4, 0.5) is 15.9 Å². The van der Waals surface area contributed by atoms with E-state index in [0.29, 0.717) is 39.0 Å². The van der Waals surface area contributed by atoms with E-state index in [1.807, 2.05) is 19.9 Å². The summed E-state index contributed by atoms with van der Waals surface area (Å²) in [5.74, 6) is -1.10. The number of aromatic nitrogens is 1. The minimum Gasteiger partial charge on any atom is -0.477 e. The molecule has 2 aromatic heterocycles. The number of aryl methyl sites for hydroxylation is 1. The number of hydrogen-bond acceptors (Lipinski definition) is 5. The average Bonchev–Trinajstić information content (AvgIpc) is 3.31. The van der Waals surface area contributed by atoms with E-state index >= 15 is 0 Å². The van der Waals surface area contributed by atoms with E-state index in [1.165, 1.54) is 24.3 Å². The predicted molar refractivity (Wildman–Crippen MR) is 147 cm³/mol. The van der Waals surface area contributed by atoms with E-state index in [0.717, 1.165) is 37.0 Å². The summed E-state index contributed by atoms with van der Waals surface area (Å²) in [6, 6.07) is 8.59. The van der Waals surface area contributed by atoms with Crippen molar-refractivity contribution < 1.29 is 23.9 Å². The molecule has 1 aromatic carbocycles. The monoisotopic (exact) mass is 537 g/mol. The molecule has 0 unspecified atom stereocenters. The maximum absolute atomic E-state index is 13.6. The first-order valence-corrected chi connectivity index (χ1v) is 13.6. The zero-order valence-corrected chi connectivity index (χ0v) is 22.8. The van der Waals surface area contributed by atoms with E-state index < -0.39 is 17.7 Å². The van der Waals surface area contributed by atoms with Gasteiger partial charge in [-0.1, -0.05) is 6.92 Å². The number of anilines is 2. The number of carboxylic acids is 1. The fraction of sp³-hybridized carbons (Fsp3) is 0.379. The Morgan fingerprint density at radius 2 is 1.76 bits per heavy atom. The van der Waals surface area contributed by atoms with Crippen LogP contribution in [0.5, 0.6) is 0 Å². The molecular formula is C29H32FN3O4S. The Balaban J connectivity index is 1.61. The lowest BCUT2D eigenvalue weighted by molar-refractivity contribution is -0.123. The first kappa shape index (κ1) is 27.4. The molecule has 0 radical (unpaired) electrons. The molecule has 9 heteroatoms. The standard InChI is InChI=1S/C29H32FN3O4S/c1-16(2)33(28(35)20-7-5-17(3)6-8-20)23-14-24(38-25(23)29(36)37)21-13-18(4)26(31-15-21)32-27(34)19-9-11-22(30)12-10-19/h9-17,20H,5-8H2,1-4H3,(H,36,37)(H,31,32,34). The second kappa shape index (κ2) is 11.4. The van der Waals surface area contributed by atoms with Gasteiger partial charge in [-0.2, -0.15) is 0 Å². The van der Waals surface area contributed by atoms with Gasteiger partial charge in [0.05, 0.1) is 5.69 Å². The second-order valence-corrected chi connectivity index (χ2v) is 11.3. The number of amides is 2. The number of carboxylic acid groups (broad SMARTS) is 1. The van der Waals surface area contributed by atoms with Crippen LogP contribution in [0.15, 0.2) is 42.6 Å². The highest BCUT2D eigenvalue weighted by atomic mass is 32.1. The Morgan fingerprint density at radius 3 is 2.34 bits per heavy atom. The molecule has 2 amide bonds. The normalized spacial score (nSPS) is 17.3. The van der Waals surface area contributed by atoms with Gasteiger partial charge in [-0.15, -0.1) is 11.3 Å². The molecule has 2 N–H and O–H groups in total. The molecule has 0 saturated heterocycles. The van der Waals surface area contributed by atoms with Gasteiger partial charge in [0.2, 0.25) is 5.91 Å². The minimum absolute atomic E-state index is 0.0214. The fourth-order valence-electron chi connectivity index (χ4n) is 4.83. The number of benzene rings is 1. The lowest BCUT2D eigenvalue weighted by Gasteiger charge is -2.33. The van der Waals surface area contributed by atoms with Crippen LogP contribution in [0.25, 0.3) is 10.4 Å². The number of aromatic carboxylic acids is 1. The summed E-state index contributed by atoms with van der Waals surface area (Å²) in [5, 5.41) is 12.7. The second-order valence-electron chi connectivity index (χ2n) is 10.2. The Morgan fingerprint density at radius 1 is 1.11 bits per heavy atom. The van der Waals surface area contributed by atoms with Crippen LogP contribution in [0.2, 0.25) is 0 Å². The lowest BCUT2D eigenvalue weighted by Crippen LogP contribution is -2.42. The number of pyridine rings is 1. The highest BCUT2D eigenvalue weighted by molar-refractivity contribution is 7.18. The summed E-state index contributed by atoms with van der Waals surface area (Å²) in [6.45, 7) is 7.79. The van der Waals surface area contributed by atoms with Gasteiger partial charge in [-0.05, 0) is 94.3 Å². The number of carbonyl (C=O) groups is 3. The molecule has 1 aliphatic rings. The number of nitrogens with zero attached hydrogens (tertiary/aromatic N) is 2. The molecule has 3 aromatic rings. The van der Waals surface area contributed by atoms with Gasteiger partial charge >= 0.3 is 5.97 Å². The number of thiophene rings is 1.